The van der Waals surface area contributed by atoms with Crippen LogP contribution in [0.4, 0.5) is 0 Å². The number of oxazole rings is 1. The number of carbonyl (C=O) groups is 2. The number of aldehydes is 1. The summed E-state index contributed by atoms with van der Waals surface area (Å²) in [7, 11) is 0. The molecule has 2 aromatic carbocycles. The van der Waals surface area contributed by atoms with Crippen LogP contribution in [0.5, 0.6) is 0 Å². The zero-order chi connectivity index (χ0) is 29.3. The number of fused-ring (bicyclic) bond motifs is 1. The van der Waals surface area contributed by atoms with Crippen molar-refractivity contribution in [1.82, 2.24) is 10.3 Å². The molecule has 0 saturated heterocycles. The molecule has 3 aromatic rings. The Morgan fingerprint density at radius 1 is 1.10 bits per heavy atom. The van der Waals surface area contributed by atoms with E-state index in [2.05, 4.69) is 56.7 Å². The topological polar surface area (TPSA) is 72.2 Å². The lowest BCUT2D eigenvalue weighted by molar-refractivity contribution is -0.123. The molecule has 5 heteroatoms. The molecule has 0 saturated carbocycles. The monoisotopic (exact) mass is 536 g/mol. The van der Waals surface area contributed by atoms with Crippen LogP contribution in [-0.4, -0.2) is 17.2 Å². The number of carbonyl (C=O) groups excluding carboxylic acids is 2. The molecule has 2 atom stereocenters. The molecule has 0 aliphatic carbocycles. The molecule has 5 nitrogen and oxygen atoms in total. The highest BCUT2D eigenvalue weighted by Crippen LogP contribution is 2.28. The fraction of sp³-hybridized carbons (Fsp3) is 0.286. The zero-order valence-corrected chi connectivity index (χ0v) is 24.4. The van der Waals surface area contributed by atoms with Gasteiger partial charge in [-0.3, -0.25) is 9.59 Å². The molecule has 0 fully saturated rings. The number of benzene rings is 2. The predicted octanol–water partition coefficient (Wildman–Crippen LogP) is 8.27. The normalized spacial score (nSPS) is 14.8. The largest absolute Gasteiger partial charge is 0.436 e. The van der Waals surface area contributed by atoms with Gasteiger partial charge in [0.2, 0.25) is 11.8 Å². The van der Waals surface area contributed by atoms with Gasteiger partial charge in [0.1, 0.15) is 11.8 Å². The van der Waals surface area contributed by atoms with Crippen LogP contribution in [0.25, 0.3) is 16.7 Å². The van der Waals surface area contributed by atoms with Crippen molar-refractivity contribution in [2.24, 2.45) is 17.3 Å². The summed E-state index contributed by atoms with van der Waals surface area (Å²) >= 11 is 0. The molecule has 0 aliphatic rings. The Labute approximate surface area is 238 Å². The van der Waals surface area contributed by atoms with Gasteiger partial charge >= 0.3 is 0 Å². The molecule has 1 amide bonds. The molecule has 1 N–H and O–H groups in total. The molecule has 0 aliphatic heterocycles. The standard InChI is InChI=1S/C35H40N2O3/c1-8-28(20-14-24(3)35(5,6)7)30(22-26-16-18-27(23-38)19-17-26)33(39)36-25(4)15-21-29(9-2)34-37-31-12-10-11-13-32(31)40-34/h8-21,23-24,30H,2,22H2,1,3-7H3,(H,36,39)/b20-14-,25-15+,28-8+,29-21+/t24-,30?/m0/s1. The minimum Gasteiger partial charge on any atom is -0.436 e. The summed E-state index contributed by atoms with van der Waals surface area (Å²) in [5, 5.41) is 3.07. The van der Waals surface area contributed by atoms with Crippen LogP contribution >= 0.6 is 0 Å². The minimum atomic E-state index is -0.418. The van der Waals surface area contributed by atoms with Crippen molar-refractivity contribution in [2.45, 2.75) is 48.0 Å². The van der Waals surface area contributed by atoms with Crippen LogP contribution in [0.15, 0.2) is 107 Å². The summed E-state index contributed by atoms with van der Waals surface area (Å²) in [5.74, 6) is 0.273. The average Bonchev–Trinajstić information content (AvgIpc) is 3.36. The molecule has 1 unspecified atom stereocenters. The van der Waals surface area contributed by atoms with E-state index in [1.807, 2.05) is 68.5 Å². The van der Waals surface area contributed by atoms with E-state index in [1.165, 1.54) is 0 Å². The first-order chi connectivity index (χ1) is 19.0. The molecule has 0 radical (unpaired) electrons. The van der Waals surface area contributed by atoms with Gasteiger partial charge in [-0.2, -0.15) is 0 Å². The molecule has 40 heavy (non-hydrogen) atoms. The van der Waals surface area contributed by atoms with E-state index in [1.54, 1.807) is 18.2 Å². The third kappa shape index (κ3) is 8.12. The highest BCUT2D eigenvalue weighted by molar-refractivity contribution is 5.84. The Hall–Kier alpha value is -4.25. The first-order valence-corrected chi connectivity index (χ1v) is 13.6. The van der Waals surface area contributed by atoms with Gasteiger partial charge in [0.15, 0.2) is 5.58 Å². The maximum atomic E-state index is 13.7. The highest BCUT2D eigenvalue weighted by atomic mass is 16.3. The Kier molecular flexibility index (Phi) is 10.4. The van der Waals surface area contributed by atoms with Crippen molar-refractivity contribution >= 4 is 28.9 Å². The van der Waals surface area contributed by atoms with E-state index in [4.69, 9.17) is 4.42 Å². The number of para-hydroxylation sites is 2. The summed E-state index contributed by atoms with van der Waals surface area (Å²) in [6.07, 6.45) is 12.9. The Balaban J connectivity index is 1.86. The number of nitrogens with one attached hydrogen (secondary N) is 1. The van der Waals surface area contributed by atoms with Crippen molar-refractivity contribution in [3.63, 3.8) is 0 Å². The summed E-state index contributed by atoms with van der Waals surface area (Å²) in [5.41, 5.74) is 5.52. The predicted molar refractivity (Wildman–Crippen MR) is 165 cm³/mol. The van der Waals surface area contributed by atoms with Gasteiger partial charge in [-0.05, 0) is 67.0 Å². The second kappa shape index (κ2) is 13.7. The zero-order valence-electron chi connectivity index (χ0n) is 24.4. The molecule has 0 bridgehead atoms. The number of hydrogen-bond acceptors (Lipinski definition) is 4. The molecule has 0 spiro atoms. The van der Waals surface area contributed by atoms with Crippen LogP contribution in [0.2, 0.25) is 0 Å². The van der Waals surface area contributed by atoms with Crippen LogP contribution in [0.3, 0.4) is 0 Å². The second-order valence-corrected chi connectivity index (χ2v) is 11.1. The first kappa shape index (κ1) is 30.3. The lowest BCUT2D eigenvalue weighted by Gasteiger charge is -2.25. The fourth-order valence-corrected chi connectivity index (χ4v) is 4.05. The van der Waals surface area contributed by atoms with E-state index in [9.17, 15) is 9.59 Å². The van der Waals surface area contributed by atoms with Gasteiger partial charge < -0.3 is 9.73 Å². The number of amides is 1. The summed E-state index contributed by atoms with van der Waals surface area (Å²) < 4.78 is 5.87. The summed E-state index contributed by atoms with van der Waals surface area (Å²) in [4.78, 5) is 29.3. The molecular weight excluding hydrogens is 496 g/mol. The van der Waals surface area contributed by atoms with E-state index in [0.29, 0.717) is 40.6 Å². The number of rotatable bonds is 11. The lowest BCUT2D eigenvalue weighted by atomic mass is 9.81. The van der Waals surface area contributed by atoms with Crippen molar-refractivity contribution in [2.75, 3.05) is 0 Å². The SMILES string of the molecule is C=C/C(=C\C=C(/C)NC(=O)C(Cc1ccc(C=O)cc1)C(/C=C\[C@H](C)C(C)(C)C)=C/C)c1nc2ccccc2o1. The van der Waals surface area contributed by atoms with Gasteiger partial charge in [0, 0.05) is 16.8 Å². The van der Waals surface area contributed by atoms with Gasteiger partial charge in [-0.25, -0.2) is 4.98 Å². The number of nitrogens with zero attached hydrogens (tertiary/aromatic N) is 1. The molecule has 208 valence electrons. The van der Waals surface area contributed by atoms with Crippen molar-refractivity contribution in [3.05, 3.63) is 120 Å². The van der Waals surface area contributed by atoms with Gasteiger partial charge in [-0.1, -0.05) is 95.0 Å². The number of aromatic nitrogens is 1. The van der Waals surface area contributed by atoms with E-state index >= 15 is 0 Å². The van der Waals surface area contributed by atoms with E-state index in [0.717, 1.165) is 22.9 Å². The van der Waals surface area contributed by atoms with Crippen molar-refractivity contribution in [1.29, 1.82) is 0 Å². The van der Waals surface area contributed by atoms with E-state index < -0.39 is 5.92 Å². The summed E-state index contributed by atoms with van der Waals surface area (Å²) in [6, 6.07) is 15.0. The van der Waals surface area contributed by atoms with Gasteiger partial charge in [0.25, 0.3) is 0 Å². The third-order valence-electron chi connectivity index (χ3n) is 7.15. The average molecular weight is 537 g/mol. The maximum Gasteiger partial charge on any atom is 0.231 e. The second-order valence-electron chi connectivity index (χ2n) is 11.1. The van der Waals surface area contributed by atoms with Crippen LogP contribution in [-0.2, 0) is 11.2 Å². The molecule has 1 aromatic heterocycles. The number of allylic oxidation sites excluding steroid dienone is 8. The highest BCUT2D eigenvalue weighted by Gasteiger charge is 2.23. The molecular formula is C35H40N2O3. The Bertz CT molecular complexity index is 1430. The first-order valence-electron chi connectivity index (χ1n) is 13.6. The van der Waals surface area contributed by atoms with Gasteiger partial charge in [-0.15, -0.1) is 0 Å². The number of hydrogen-bond donors (Lipinski definition) is 1. The quantitative estimate of drug-likeness (QED) is 0.198. The fourth-order valence-electron chi connectivity index (χ4n) is 4.05. The van der Waals surface area contributed by atoms with Crippen LogP contribution in [0, 0.1) is 17.3 Å². The molecule has 1 heterocycles. The van der Waals surface area contributed by atoms with Crippen molar-refractivity contribution < 1.29 is 14.0 Å². The Morgan fingerprint density at radius 3 is 2.40 bits per heavy atom. The summed E-state index contributed by atoms with van der Waals surface area (Å²) in [6.45, 7) is 16.5. The molecule has 3 rings (SSSR count). The van der Waals surface area contributed by atoms with E-state index in [-0.39, 0.29) is 11.3 Å². The van der Waals surface area contributed by atoms with Crippen molar-refractivity contribution in [3.8, 4) is 0 Å². The maximum absolute atomic E-state index is 13.7. The third-order valence-corrected chi connectivity index (χ3v) is 7.15. The van der Waals surface area contributed by atoms with Crippen LogP contribution < -0.4 is 5.32 Å². The van der Waals surface area contributed by atoms with Crippen LogP contribution in [0.1, 0.15) is 63.4 Å². The smallest absolute Gasteiger partial charge is 0.231 e. The Morgan fingerprint density at radius 2 is 1.80 bits per heavy atom. The van der Waals surface area contributed by atoms with Gasteiger partial charge in [0.05, 0.1) is 5.92 Å². The lowest BCUT2D eigenvalue weighted by Crippen LogP contribution is -2.31. The minimum absolute atomic E-state index is 0.107.